The standard InChI is InChI=1S/C17H24N2O7S/c1-9(20)18-12(15(22)19-6-5-13(19)17(25)26-2)8-27-7-11-10(16(23)24)3-4-14(11)21/h10-13H,3-8H2,1-2H3,(H,18,20)(H,23,24)/t10?,11?,12-,13-/m0/s1. The maximum atomic E-state index is 12.7. The van der Waals surface area contributed by atoms with Gasteiger partial charge in [-0.3, -0.25) is 19.2 Å². The monoisotopic (exact) mass is 400 g/mol. The van der Waals surface area contributed by atoms with Crippen molar-refractivity contribution in [3.05, 3.63) is 0 Å². The number of hydrogen-bond donors (Lipinski definition) is 2. The van der Waals surface area contributed by atoms with Crippen molar-refractivity contribution in [3.63, 3.8) is 0 Å². The topological polar surface area (TPSA) is 130 Å². The third-order valence-corrected chi connectivity index (χ3v) is 6.12. The maximum absolute atomic E-state index is 12.7. The lowest BCUT2D eigenvalue weighted by Crippen LogP contribution is -2.61. The molecule has 1 aliphatic carbocycles. The van der Waals surface area contributed by atoms with E-state index in [2.05, 4.69) is 10.1 Å². The Labute approximate surface area is 161 Å². The van der Waals surface area contributed by atoms with E-state index in [4.69, 9.17) is 0 Å². The Bertz CT molecular complexity index is 639. The molecule has 0 radical (unpaired) electrons. The van der Waals surface area contributed by atoms with E-state index in [-0.39, 0.29) is 35.5 Å². The van der Waals surface area contributed by atoms with Gasteiger partial charge in [0, 0.05) is 37.3 Å². The lowest BCUT2D eigenvalue weighted by atomic mass is 9.98. The van der Waals surface area contributed by atoms with E-state index < -0.39 is 35.9 Å². The SMILES string of the molecule is COC(=O)[C@@H]1CCN1C(=O)[C@H](CSCC1C(=O)CCC1C(=O)O)NC(C)=O. The molecule has 1 aliphatic heterocycles. The van der Waals surface area contributed by atoms with Gasteiger partial charge >= 0.3 is 11.9 Å². The van der Waals surface area contributed by atoms with Gasteiger partial charge in [0.25, 0.3) is 0 Å². The van der Waals surface area contributed by atoms with E-state index in [1.807, 2.05) is 0 Å². The number of ketones is 1. The average molecular weight is 400 g/mol. The minimum Gasteiger partial charge on any atom is -0.481 e. The fraction of sp³-hybridized carbons (Fsp3) is 0.706. The molecule has 1 saturated carbocycles. The van der Waals surface area contributed by atoms with Gasteiger partial charge in [0.15, 0.2) is 0 Å². The molecule has 2 rings (SSSR count). The second kappa shape index (κ2) is 9.20. The van der Waals surface area contributed by atoms with Gasteiger partial charge in [-0.1, -0.05) is 0 Å². The number of aliphatic carboxylic acids is 1. The first kappa shape index (κ1) is 21.2. The van der Waals surface area contributed by atoms with Crippen LogP contribution in [0.5, 0.6) is 0 Å². The Hall–Kier alpha value is -2.10. The van der Waals surface area contributed by atoms with Crippen LogP contribution in [0.2, 0.25) is 0 Å². The van der Waals surface area contributed by atoms with Crippen molar-refractivity contribution in [2.24, 2.45) is 11.8 Å². The van der Waals surface area contributed by atoms with E-state index in [1.165, 1.54) is 30.7 Å². The maximum Gasteiger partial charge on any atom is 0.328 e. The lowest BCUT2D eigenvalue weighted by molar-refractivity contribution is -0.160. The zero-order valence-corrected chi connectivity index (χ0v) is 16.1. The van der Waals surface area contributed by atoms with Crippen molar-refractivity contribution in [2.45, 2.75) is 38.3 Å². The number of carbonyl (C=O) groups is 5. The number of carbonyl (C=O) groups excluding carboxylic acids is 4. The molecule has 2 N–H and O–H groups in total. The third-order valence-electron chi connectivity index (χ3n) is 4.95. The quantitative estimate of drug-likeness (QED) is 0.530. The highest BCUT2D eigenvalue weighted by molar-refractivity contribution is 7.99. The number of Topliss-reactive ketones (excluding diaryl/α,β-unsaturated/α-hetero) is 1. The van der Waals surface area contributed by atoms with Crippen molar-refractivity contribution < 1.29 is 33.8 Å². The molecule has 10 heteroatoms. The van der Waals surface area contributed by atoms with Crippen LogP contribution in [0.25, 0.3) is 0 Å². The first-order valence-electron chi connectivity index (χ1n) is 8.75. The molecule has 0 aromatic rings. The summed E-state index contributed by atoms with van der Waals surface area (Å²) in [5, 5.41) is 11.8. The van der Waals surface area contributed by atoms with E-state index in [0.29, 0.717) is 19.4 Å². The molecule has 1 saturated heterocycles. The number of amides is 2. The Morgan fingerprint density at radius 2 is 2.04 bits per heavy atom. The molecule has 9 nitrogen and oxygen atoms in total. The highest BCUT2D eigenvalue weighted by atomic mass is 32.2. The van der Waals surface area contributed by atoms with Crippen molar-refractivity contribution in [3.8, 4) is 0 Å². The fourth-order valence-corrected chi connectivity index (χ4v) is 4.65. The van der Waals surface area contributed by atoms with Crippen LogP contribution in [-0.4, -0.2) is 76.8 Å². The van der Waals surface area contributed by atoms with Crippen LogP contribution >= 0.6 is 11.8 Å². The summed E-state index contributed by atoms with van der Waals surface area (Å²) in [4.78, 5) is 60.4. The smallest absolute Gasteiger partial charge is 0.328 e. The summed E-state index contributed by atoms with van der Waals surface area (Å²) in [7, 11) is 1.25. The summed E-state index contributed by atoms with van der Waals surface area (Å²) in [6.07, 6.45) is 1.10. The number of nitrogens with zero attached hydrogens (tertiary/aromatic N) is 1. The summed E-state index contributed by atoms with van der Waals surface area (Å²) in [6.45, 7) is 1.70. The van der Waals surface area contributed by atoms with Crippen molar-refractivity contribution in [1.29, 1.82) is 0 Å². The normalized spacial score (nSPS) is 25.5. The molecule has 0 bridgehead atoms. The Balaban J connectivity index is 1.95. The number of nitrogens with one attached hydrogen (secondary N) is 1. The van der Waals surface area contributed by atoms with E-state index in [9.17, 15) is 29.1 Å². The molecule has 1 heterocycles. The number of methoxy groups -OCH3 is 1. The Morgan fingerprint density at radius 3 is 2.56 bits per heavy atom. The van der Waals surface area contributed by atoms with Gasteiger partial charge in [0.2, 0.25) is 11.8 Å². The van der Waals surface area contributed by atoms with Crippen molar-refractivity contribution in [2.75, 3.05) is 25.2 Å². The number of likely N-dealkylation sites (tertiary alicyclic amines) is 1. The van der Waals surface area contributed by atoms with Gasteiger partial charge < -0.3 is 20.1 Å². The number of carboxylic acid groups (broad SMARTS) is 1. The molecule has 150 valence electrons. The zero-order valence-electron chi connectivity index (χ0n) is 15.3. The number of ether oxygens (including phenoxy) is 1. The lowest BCUT2D eigenvalue weighted by Gasteiger charge is -2.40. The molecule has 0 spiro atoms. The van der Waals surface area contributed by atoms with Gasteiger partial charge in [-0.2, -0.15) is 11.8 Å². The molecule has 2 fully saturated rings. The van der Waals surface area contributed by atoms with Crippen LogP contribution in [0, 0.1) is 11.8 Å². The summed E-state index contributed by atoms with van der Waals surface area (Å²) in [6, 6.07) is -1.49. The second-order valence-corrected chi connectivity index (χ2v) is 7.78. The van der Waals surface area contributed by atoms with Crippen LogP contribution in [-0.2, 0) is 28.7 Å². The average Bonchev–Trinajstić information content (AvgIpc) is 2.93. The number of rotatable bonds is 8. The minimum absolute atomic E-state index is 0.0780. The van der Waals surface area contributed by atoms with E-state index in [1.54, 1.807) is 0 Å². The number of thioether (sulfide) groups is 1. The second-order valence-electron chi connectivity index (χ2n) is 6.71. The largest absolute Gasteiger partial charge is 0.481 e. The molecule has 2 aliphatic rings. The minimum atomic E-state index is -0.984. The molecule has 27 heavy (non-hydrogen) atoms. The Kier molecular flexibility index (Phi) is 7.23. The van der Waals surface area contributed by atoms with E-state index >= 15 is 0 Å². The predicted molar refractivity (Wildman–Crippen MR) is 95.9 cm³/mol. The molecule has 4 atom stereocenters. The molecule has 0 aromatic heterocycles. The van der Waals surface area contributed by atoms with Gasteiger partial charge in [0.1, 0.15) is 17.9 Å². The first-order valence-corrected chi connectivity index (χ1v) is 9.90. The van der Waals surface area contributed by atoms with E-state index in [0.717, 1.165) is 0 Å². The summed E-state index contributed by atoms with van der Waals surface area (Å²) in [5.41, 5.74) is 0. The Morgan fingerprint density at radius 1 is 1.33 bits per heavy atom. The van der Waals surface area contributed by atoms with Crippen molar-refractivity contribution in [1.82, 2.24) is 10.2 Å². The molecular formula is C17H24N2O7S. The van der Waals surface area contributed by atoms with Gasteiger partial charge in [-0.15, -0.1) is 0 Å². The van der Waals surface area contributed by atoms with Crippen molar-refractivity contribution >= 4 is 41.3 Å². The molecule has 2 amide bonds. The van der Waals surface area contributed by atoms with Gasteiger partial charge in [-0.25, -0.2) is 4.79 Å². The van der Waals surface area contributed by atoms with Gasteiger partial charge in [-0.05, 0) is 12.8 Å². The number of esters is 1. The van der Waals surface area contributed by atoms with Crippen LogP contribution in [0.4, 0.5) is 0 Å². The predicted octanol–water partition coefficient (Wildman–Crippen LogP) is -0.322. The number of hydrogen-bond acceptors (Lipinski definition) is 7. The number of carboxylic acids is 1. The van der Waals surface area contributed by atoms with Crippen LogP contribution < -0.4 is 5.32 Å². The summed E-state index contributed by atoms with van der Waals surface area (Å²) < 4.78 is 4.67. The highest BCUT2D eigenvalue weighted by Crippen LogP contribution is 2.32. The molecule has 0 aromatic carbocycles. The summed E-state index contributed by atoms with van der Waals surface area (Å²) >= 11 is 1.26. The molecular weight excluding hydrogens is 376 g/mol. The highest BCUT2D eigenvalue weighted by Gasteiger charge is 2.42. The van der Waals surface area contributed by atoms with Crippen LogP contribution in [0.15, 0.2) is 0 Å². The van der Waals surface area contributed by atoms with Crippen LogP contribution in [0.1, 0.15) is 26.2 Å². The molecule has 2 unspecified atom stereocenters. The first-order chi connectivity index (χ1) is 12.8. The van der Waals surface area contributed by atoms with Crippen LogP contribution in [0.3, 0.4) is 0 Å². The summed E-state index contributed by atoms with van der Waals surface area (Å²) in [5.74, 6) is -3.13. The zero-order chi connectivity index (χ0) is 20.1. The third kappa shape index (κ3) is 5.00. The fourth-order valence-electron chi connectivity index (χ4n) is 3.38. The van der Waals surface area contributed by atoms with Gasteiger partial charge in [0.05, 0.1) is 13.0 Å².